The van der Waals surface area contributed by atoms with Crippen molar-refractivity contribution in [2.45, 2.75) is 0 Å². The lowest BCUT2D eigenvalue weighted by molar-refractivity contribution is 0.102. The van der Waals surface area contributed by atoms with Crippen molar-refractivity contribution in [3.63, 3.8) is 0 Å². The molecule has 0 saturated heterocycles. The molecule has 5 nitrogen and oxygen atoms in total. The Morgan fingerprint density at radius 2 is 1.57 bits per heavy atom. The Labute approximate surface area is 144 Å². The monoisotopic (exact) mass is 355 g/mol. The summed E-state index contributed by atoms with van der Waals surface area (Å²) in [5.74, 6) is 0.795. The van der Waals surface area contributed by atoms with Crippen molar-refractivity contribution in [2.24, 2.45) is 0 Å². The van der Waals surface area contributed by atoms with Crippen molar-refractivity contribution in [3.8, 4) is 17.2 Å². The minimum atomic E-state index is -0.381. The molecule has 0 radical (unpaired) electrons. The van der Waals surface area contributed by atoms with Crippen LogP contribution in [0.25, 0.3) is 0 Å². The third-order valence-electron chi connectivity index (χ3n) is 3.10. The largest absolute Gasteiger partial charge is 0.493 e. The summed E-state index contributed by atoms with van der Waals surface area (Å²) < 4.78 is 15.7. The van der Waals surface area contributed by atoms with Crippen molar-refractivity contribution in [2.75, 3.05) is 26.6 Å². The molecule has 2 aromatic rings. The van der Waals surface area contributed by atoms with E-state index in [0.717, 1.165) is 0 Å². The van der Waals surface area contributed by atoms with E-state index in [0.29, 0.717) is 38.5 Å². The molecule has 0 aliphatic carbocycles. The van der Waals surface area contributed by atoms with Crippen LogP contribution in [-0.2, 0) is 0 Å². The van der Waals surface area contributed by atoms with Gasteiger partial charge in [-0.3, -0.25) is 4.79 Å². The van der Waals surface area contributed by atoms with Crippen LogP contribution in [0.3, 0.4) is 0 Å². The summed E-state index contributed by atoms with van der Waals surface area (Å²) in [5, 5.41) is 3.55. The van der Waals surface area contributed by atoms with E-state index in [-0.39, 0.29) is 5.91 Å². The van der Waals surface area contributed by atoms with Crippen LogP contribution in [0.15, 0.2) is 30.3 Å². The maximum absolute atomic E-state index is 12.4. The van der Waals surface area contributed by atoms with E-state index in [1.165, 1.54) is 21.3 Å². The zero-order valence-electron chi connectivity index (χ0n) is 12.8. The van der Waals surface area contributed by atoms with Gasteiger partial charge >= 0.3 is 0 Å². The quantitative estimate of drug-likeness (QED) is 0.869. The number of amides is 1. The molecule has 0 saturated carbocycles. The number of methoxy groups -OCH3 is 3. The first-order chi connectivity index (χ1) is 11.0. The normalized spacial score (nSPS) is 10.1. The molecule has 0 aromatic heterocycles. The Balaban J connectivity index is 2.37. The Morgan fingerprint density at radius 1 is 0.957 bits per heavy atom. The van der Waals surface area contributed by atoms with Gasteiger partial charge < -0.3 is 19.5 Å². The van der Waals surface area contributed by atoms with E-state index in [1.54, 1.807) is 30.3 Å². The van der Waals surface area contributed by atoms with Gasteiger partial charge in [-0.05, 0) is 30.3 Å². The van der Waals surface area contributed by atoms with Gasteiger partial charge in [0.15, 0.2) is 11.5 Å². The van der Waals surface area contributed by atoms with Gasteiger partial charge in [0.25, 0.3) is 5.91 Å². The number of benzene rings is 2. The molecule has 122 valence electrons. The Kier molecular flexibility index (Phi) is 5.58. The summed E-state index contributed by atoms with van der Waals surface area (Å²) in [5.41, 5.74) is 0.744. The zero-order chi connectivity index (χ0) is 17.0. The molecule has 2 rings (SSSR count). The predicted molar refractivity (Wildman–Crippen MR) is 90.5 cm³/mol. The van der Waals surface area contributed by atoms with E-state index in [4.69, 9.17) is 37.4 Å². The van der Waals surface area contributed by atoms with Gasteiger partial charge in [-0.1, -0.05) is 23.2 Å². The summed E-state index contributed by atoms with van der Waals surface area (Å²) in [6.07, 6.45) is 0. The van der Waals surface area contributed by atoms with Crippen LogP contribution < -0.4 is 19.5 Å². The highest BCUT2D eigenvalue weighted by Gasteiger charge is 2.17. The lowest BCUT2D eigenvalue weighted by Crippen LogP contribution is -2.13. The minimum absolute atomic E-state index is 0.329. The second kappa shape index (κ2) is 7.44. The van der Waals surface area contributed by atoms with Crippen LogP contribution in [0, 0.1) is 0 Å². The Bertz CT molecular complexity index is 709. The molecule has 0 aliphatic heterocycles. The molecule has 7 heteroatoms. The Hall–Kier alpha value is -2.11. The van der Waals surface area contributed by atoms with Gasteiger partial charge in [0, 0.05) is 10.6 Å². The first-order valence-electron chi connectivity index (χ1n) is 6.56. The maximum atomic E-state index is 12.4. The number of carbonyl (C=O) groups excluding carboxylic acids is 1. The molecular formula is C16H15Cl2NO4. The van der Waals surface area contributed by atoms with Gasteiger partial charge in [-0.2, -0.15) is 0 Å². The van der Waals surface area contributed by atoms with Crippen LogP contribution in [0.4, 0.5) is 5.69 Å². The molecule has 2 aromatic carbocycles. The lowest BCUT2D eigenvalue weighted by Gasteiger charge is -2.14. The smallest absolute Gasteiger partial charge is 0.255 e. The number of hydrogen-bond donors (Lipinski definition) is 1. The fraction of sp³-hybridized carbons (Fsp3) is 0.188. The molecular weight excluding hydrogens is 341 g/mol. The number of rotatable bonds is 5. The first-order valence-corrected chi connectivity index (χ1v) is 7.32. The van der Waals surface area contributed by atoms with Gasteiger partial charge in [0.2, 0.25) is 5.75 Å². The highest BCUT2D eigenvalue weighted by atomic mass is 35.5. The average Bonchev–Trinajstić information content (AvgIpc) is 2.56. The fourth-order valence-electron chi connectivity index (χ4n) is 2.00. The highest BCUT2D eigenvalue weighted by Crippen LogP contribution is 2.38. The average molecular weight is 356 g/mol. The van der Waals surface area contributed by atoms with E-state index in [2.05, 4.69) is 5.32 Å². The molecule has 0 aliphatic rings. The van der Waals surface area contributed by atoms with Gasteiger partial charge in [0.05, 0.1) is 32.0 Å². The minimum Gasteiger partial charge on any atom is -0.493 e. The second-order valence-corrected chi connectivity index (χ2v) is 5.34. The van der Waals surface area contributed by atoms with Crippen LogP contribution in [0.1, 0.15) is 10.4 Å². The Morgan fingerprint density at radius 3 is 2.09 bits per heavy atom. The first kappa shape index (κ1) is 17.2. The van der Waals surface area contributed by atoms with Crippen molar-refractivity contribution < 1.29 is 19.0 Å². The molecule has 23 heavy (non-hydrogen) atoms. The van der Waals surface area contributed by atoms with Crippen LogP contribution in [0.2, 0.25) is 10.0 Å². The summed E-state index contributed by atoms with van der Waals surface area (Å²) in [7, 11) is 4.45. The highest BCUT2D eigenvalue weighted by molar-refractivity contribution is 6.35. The number of anilines is 1. The van der Waals surface area contributed by atoms with E-state index < -0.39 is 0 Å². The van der Waals surface area contributed by atoms with Crippen molar-refractivity contribution in [1.82, 2.24) is 0 Å². The van der Waals surface area contributed by atoms with Crippen LogP contribution >= 0.6 is 23.2 Å². The second-order valence-electron chi connectivity index (χ2n) is 4.49. The molecule has 1 amide bonds. The fourth-order valence-corrected chi connectivity index (χ4v) is 2.34. The van der Waals surface area contributed by atoms with E-state index >= 15 is 0 Å². The number of halogens is 2. The molecule has 0 atom stereocenters. The van der Waals surface area contributed by atoms with Crippen LogP contribution in [-0.4, -0.2) is 27.2 Å². The molecule has 0 fully saturated rings. The number of carbonyl (C=O) groups is 1. The summed E-state index contributed by atoms with van der Waals surface area (Å²) in [4.78, 5) is 12.4. The van der Waals surface area contributed by atoms with Crippen LogP contribution in [0.5, 0.6) is 17.2 Å². The zero-order valence-corrected chi connectivity index (χ0v) is 14.3. The molecule has 1 N–H and O–H groups in total. The SMILES string of the molecule is COc1cc(C(=O)Nc2cc(Cl)ccc2Cl)cc(OC)c1OC. The van der Waals surface area contributed by atoms with Crippen molar-refractivity contribution in [3.05, 3.63) is 45.9 Å². The lowest BCUT2D eigenvalue weighted by atomic mass is 10.1. The summed E-state index contributed by atoms with van der Waals surface area (Å²) in [6, 6.07) is 7.91. The van der Waals surface area contributed by atoms with Gasteiger partial charge in [-0.15, -0.1) is 0 Å². The molecule has 0 unspecified atom stereocenters. The van der Waals surface area contributed by atoms with E-state index in [9.17, 15) is 4.79 Å². The standard InChI is InChI=1S/C16H15Cl2NO4/c1-21-13-6-9(7-14(22-2)15(13)23-3)16(20)19-12-8-10(17)4-5-11(12)18/h4-8H,1-3H3,(H,19,20). The number of hydrogen-bond acceptors (Lipinski definition) is 4. The van der Waals surface area contributed by atoms with Crippen molar-refractivity contribution in [1.29, 1.82) is 0 Å². The topological polar surface area (TPSA) is 56.8 Å². The predicted octanol–water partition coefficient (Wildman–Crippen LogP) is 4.27. The maximum Gasteiger partial charge on any atom is 0.255 e. The summed E-state index contributed by atoms with van der Waals surface area (Å²) in [6.45, 7) is 0. The van der Waals surface area contributed by atoms with Crippen molar-refractivity contribution >= 4 is 34.8 Å². The molecule has 0 bridgehead atoms. The number of nitrogens with one attached hydrogen (secondary N) is 1. The third-order valence-corrected chi connectivity index (χ3v) is 3.67. The van der Waals surface area contributed by atoms with Gasteiger partial charge in [0.1, 0.15) is 0 Å². The third kappa shape index (κ3) is 3.81. The number of ether oxygens (including phenoxy) is 3. The molecule has 0 heterocycles. The summed E-state index contributed by atoms with van der Waals surface area (Å²) >= 11 is 12.0. The van der Waals surface area contributed by atoms with Gasteiger partial charge in [-0.25, -0.2) is 0 Å². The molecule has 0 spiro atoms. The van der Waals surface area contributed by atoms with E-state index in [1.807, 2.05) is 0 Å².